The molecule has 1 aromatic carbocycles. The van der Waals surface area contributed by atoms with Crippen LogP contribution in [-0.4, -0.2) is 23.0 Å². The molecule has 0 saturated carbocycles. The molecule has 2 rings (SSSR count). The molecule has 0 aliphatic carbocycles. The molecule has 3 N–H and O–H groups in total. The van der Waals surface area contributed by atoms with Crippen molar-refractivity contribution in [2.24, 2.45) is 5.73 Å². The summed E-state index contributed by atoms with van der Waals surface area (Å²) in [6.07, 6.45) is 2.89. The lowest BCUT2D eigenvalue weighted by molar-refractivity contribution is 0.102. The Morgan fingerprint density at radius 3 is 2.81 bits per heavy atom. The molecule has 1 heterocycles. The lowest BCUT2D eigenvalue weighted by atomic mass is 10.1. The van der Waals surface area contributed by atoms with E-state index in [0.29, 0.717) is 17.0 Å². The largest absolute Gasteiger partial charge is 0.494 e. The number of amides is 1. The van der Waals surface area contributed by atoms with E-state index in [-0.39, 0.29) is 10.6 Å². The number of hydrogen-bond donors (Lipinski definition) is 2. The number of aromatic nitrogens is 1. The van der Waals surface area contributed by atoms with E-state index in [0.717, 1.165) is 0 Å². The van der Waals surface area contributed by atoms with Crippen molar-refractivity contribution in [3.05, 3.63) is 53.6 Å². The quantitative estimate of drug-likeness (QED) is 0.846. The van der Waals surface area contributed by atoms with Crippen molar-refractivity contribution in [3.8, 4) is 5.75 Å². The van der Waals surface area contributed by atoms with Crippen LogP contribution < -0.4 is 15.8 Å². The highest BCUT2D eigenvalue weighted by molar-refractivity contribution is 7.80. The Hall–Kier alpha value is -2.54. The van der Waals surface area contributed by atoms with E-state index in [2.05, 4.69) is 10.3 Å². The van der Waals surface area contributed by atoms with Crippen molar-refractivity contribution in [3.63, 3.8) is 0 Å². The molecule has 108 valence electrons. The maximum atomic E-state index is 13.2. The van der Waals surface area contributed by atoms with Gasteiger partial charge in [0, 0.05) is 11.8 Å². The lowest BCUT2D eigenvalue weighted by Gasteiger charge is -2.12. The van der Waals surface area contributed by atoms with Gasteiger partial charge in [0.15, 0.2) is 0 Å². The highest BCUT2D eigenvalue weighted by Crippen LogP contribution is 2.21. The van der Waals surface area contributed by atoms with E-state index in [1.165, 1.54) is 43.8 Å². The van der Waals surface area contributed by atoms with Crippen LogP contribution in [-0.2, 0) is 0 Å². The summed E-state index contributed by atoms with van der Waals surface area (Å²) in [5.41, 5.74) is 6.41. The van der Waals surface area contributed by atoms with Crippen LogP contribution >= 0.6 is 12.2 Å². The van der Waals surface area contributed by atoms with Crippen LogP contribution in [0.3, 0.4) is 0 Å². The summed E-state index contributed by atoms with van der Waals surface area (Å²) < 4.78 is 18.3. The monoisotopic (exact) mass is 305 g/mol. The Morgan fingerprint density at radius 1 is 1.38 bits per heavy atom. The number of nitrogens with zero attached hydrogens (tertiary/aromatic N) is 1. The minimum absolute atomic E-state index is 0.00788. The maximum absolute atomic E-state index is 13.2. The summed E-state index contributed by atoms with van der Waals surface area (Å²) in [6.45, 7) is 0. The van der Waals surface area contributed by atoms with Gasteiger partial charge in [-0.3, -0.25) is 9.78 Å². The molecule has 2 aromatic rings. The fourth-order valence-corrected chi connectivity index (χ4v) is 1.92. The Balaban J connectivity index is 2.34. The molecule has 1 amide bonds. The molecule has 1 aromatic heterocycles. The second kappa shape index (κ2) is 6.27. The summed E-state index contributed by atoms with van der Waals surface area (Å²) in [7, 11) is 1.44. The minimum atomic E-state index is -0.489. The summed E-state index contributed by atoms with van der Waals surface area (Å²) in [4.78, 5) is 16.1. The van der Waals surface area contributed by atoms with Gasteiger partial charge in [0.25, 0.3) is 5.91 Å². The zero-order chi connectivity index (χ0) is 15.4. The standard InChI is InChI=1S/C14H12FN3O2S/c1-20-12-7-17-5-4-9(12)14(19)18-11-3-2-8(15)6-10(11)13(16)21/h2-7H,1H3,(H2,16,21)(H,18,19). The number of thiocarbonyl (C=S) groups is 1. The number of carbonyl (C=O) groups is 1. The first-order valence-electron chi connectivity index (χ1n) is 5.91. The van der Waals surface area contributed by atoms with Gasteiger partial charge in [0.2, 0.25) is 0 Å². The molecule has 0 fully saturated rings. The molecule has 0 saturated heterocycles. The third-order valence-corrected chi connectivity index (χ3v) is 2.96. The van der Waals surface area contributed by atoms with Crippen LogP contribution in [0.1, 0.15) is 15.9 Å². The maximum Gasteiger partial charge on any atom is 0.259 e. The van der Waals surface area contributed by atoms with Crippen LogP contribution in [0.25, 0.3) is 0 Å². The molecule has 21 heavy (non-hydrogen) atoms. The SMILES string of the molecule is COc1cnccc1C(=O)Nc1ccc(F)cc1C(N)=S. The van der Waals surface area contributed by atoms with Gasteiger partial charge in [0.1, 0.15) is 16.6 Å². The fourth-order valence-electron chi connectivity index (χ4n) is 1.75. The number of pyridine rings is 1. The first kappa shape index (κ1) is 14.9. The molecule has 0 bridgehead atoms. The molecule has 0 spiro atoms. The summed E-state index contributed by atoms with van der Waals surface area (Å²) in [6, 6.07) is 5.29. The number of ether oxygens (including phenoxy) is 1. The Morgan fingerprint density at radius 2 is 2.14 bits per heavy atom. The van der Waals surface area contributed by atoms with E-state index >= 15 is 0 Å². The molecule has 0 atom stereocenters. The van der Waals surface area contributed by atoms with E-state index in [4.69, 9.17) is 22.7 Å². The molecular weight excluding hydrogens is 293 g/mol. The fraction of sp³-hybridized carbons (Fsp3) is 0.0714. The van der Waals surface area contributed by atoms with Crippen molar-refractivity contribution in [2.45, 2.75) is 0 Å². The Kier molecular flexibility index (Phi) is 4.44. The Bertz CT molecular complexity index is 706. The molecule has 0 aliphatic rings. The van der Waals surface area contributed by atoms with Crippen molar-refractivity contribution in [2.75, 3.05) is 12.4 Å². The molecular formula is C14H12FN3O2S. The first-order chi connectivity index (χ1) is 10.0. The van der Waals surface area contributed by atoms with Crippen LogP contribution in [0, 0.1) is 5.82 Å². The van der Waals surface area contributed by atoms with E-state index in [1.54, 1.807) is 0 Å². The number of halogens is 1. The van der Waals surface area contributed by atoms with E-state index in [1.807, 2.05) is 0 Å². The molecule has 0 radical (unpaired) electrons. The summed E-state index contributed by atoms with van der Waals surface area (Å²) in [5, 5.41) is 2.63. The smallest absolute Gasteiger partial charge is 0.259 e. The molecule has 5 nitrogen and oxygen atoms in total. The summed E-state index contributed by atoms with van der Waals surface area (Å²) >= 11 is 4.85. The topological polar surface area (TPSA) is 77.2 Å². The number of hydrogen-bond acceptors (Lipinski definition) is 4. The van der Waals surface area contributed by atoms with Crippen molar-refractivity contribution < 1.29 is 13.9 Å². The number of nitrogens with two attached hydrogens (primary N) is 1. The third kappa shape index (κ3) is 3.32. The van der Waals surface area contributed by atoms with E-state index in [9.17, 15) is 9.18 Å². The highest BCUT2D eigenvalue weighted by Gasteiger charge is 2.15. The van der Waals surface area contributed by atoms with Crippen molar-refractivity contribution in [1.29, 1.82) is 0 Å². The highest BCUT2D eigenvalue weighted by atomic mass is 32.1. The Labute approximate surface area is 125 Å². The number of benzene rings is 1. The second-order valence-electron chi connectivity index (χ2n) is 4.08. The first-order valence-corrected chi connectivity index (χ1v) is 6.32. The minimum Gasteiger partial charge on any atom is -0.494 e. The number of rotatable bonds is 4. The normalized spacial score (nSPS) is 10.0. The number of carbonyl (C=O) groups excluding carboxylic acids is 1. The van der Waals surface area contributed by atoms with Gasteiger partial charge in [-0.15, -0.1) is 0 Å². The van der Waals surface area contributed by atoms with Gasteiger partial charge in [-0.05, 0) is 24.3 Å². The van der Waals surface area contributed by atoms with Crippen LogP contribution in [0.5, 0.6) is 5.75 Å². The predicted molar refractivity (Wildman–Crippen MR) is 81.0 cm³/mol. The van der Waals surface area contributed by atoms with Crippen molar-refractivity contribution in [1.82, 2.24) is 4.98 Å². The number of anilines is 1. The molecule has 0 unspecified atom stereocenters. The zero-order valence-electron chi connectivity index (χ0n) is 11.1. The average molecular weight is 305 g/mol. The van der Waals surface area contributed by atoms with Crippen molar-refractivity contribution >= 4 is 28.8 Å². The number of methoxy groups -OCH3 is 1. The van der Waals surface area contributed by atoms with Gasteiger partial charge >= 0.3 is 0 Å². The van der Waals surface area contributed by atoms with Crippen LogP contribution in [0.2, 0.25) is 0 Å². The predicted octanol–water partition coefficient (Wildman–Crippen LogP) is 2.12. The van der Waals surface area contributed by atoms with Gasteiger partial charge in [-0.25, -0.2) is 4.39 Å². The third-order valence-electron chi connectivity index (χ3n) is 2.74. The van der Waals surface area contributed by atoms with Gasteiger partial charge in [0.05, 0.1) is 24.6 Å². The average Bonchev–Trinajstić information content (AvgIpc) is 2.48. The second-order valence-corrected chi connectivity index (χ2v) is 4.52. The lowest BCUT2D eigenvalue weighted by Crippen LogP contribution is -2.18. The summed E-state index contributed by atoms with van der Waals surface area (Å²) in [5.74, 6) is -0.593. The van der Waals surface area contributed by atoms with Gasteiger partial charge < -0.3 is 15.8 Å². The van der Waals surface area contributed by atoms with Crippen LogP contribution in [0.4, 0.5) is 10.1 Å². The molecule has 0 aliphatic heterocycles. The van der Waals surface area contributed by atoms with E-state index < -0.39 is 11.7 Å². The zero-order valence-corrected chi connectivity index (χ0v) is 11.9. The molecule has 7 heteroatoms. The van der Waals surface area contributed by atoms with Crippen LogP contribution in [0.15, 0.2) is 36.7 Å². The number of nitrogens with one attached hydrogen (secondary N) is 1. The van der Waals surface area contributed by atoms with Gasteiger partial charge in [-0.2, -0.15) is 0 Å². The van der Waals surface area contributed by atoms with Gasteiger partial charge in [-0.1, -0.05) is 12.2 Å².